The molecule has 6 nitrogen and oxygen atoms in total. The molecule has 15 heavy (non-hydrogen) atoms. The summed E-state index contributed by atoms with van der Waals surface area (Å²) in [6.07, 6.45) is 1.06. The molecule has 0 aromatic carbocycles. The molecule has 1 rings (SSSR count). The minimum Gasteiger partial charge on any atom is -0.354 e. The number of H-pyrrole nitrogens is 1. The maximum atomic E-state index is 11.5. The normalized spacial score (nSPS) is 10.7. The van der Waals surface area contributed by atoms with Crippen molar-refractivity contribution in [3.05, 3.63) is 16.4 Å². The summed E-state index contributed by atoms with van der Waals surface area (Å²) in [5.41, 5.74) is 0.376. The zero-order chi connectivity index (χ0) is 11.3. The lowest BCUT2D eigenvalue weighted by atomic mass is 10.4. The quantitative estimate of drug-likeness (QED) is 0.770. The second kappa shape index (κ2) is 5.84. The van der Waals surface area contributed by atoms with Crippen molar-refractivity contribution in [1.82, 2.24) is 15.5 Å². The maximum absolute atomic E-state index is 11.5. The van der Waals surface area contributed by atoms with Crippen molar-refractivity contribution >= 4 is 21.8 Å². The lowest BCUT2D eigenvalue weighted by Crippen LogP contribution is -2.34. The molecule has 0 aliphatic rings. The second-order valence-corrected chi connectivity index (χ2v) is 3.56. The molecule has 1 aromatic heterocycles. The van der Waals surface area contributed by atoms with Gasteiger partial charge in [-0.1, -0.05) is 0 Å². The van der Waals surface area contributed by atoms with Crippen LogP contribution < -0.4 is 5.32 Å². The Morgan fingerprint density at radius 3 is 2.80 bits per heavy atom. The molecule has 0 saturated heterocycles. The second-order valence-electron chi connectivity index (χ2n) is 2.70. The number of rotatable bonds is 5. The molecule has 0 radical (unpaired) electrons. The van der Waals surface area contributed by atoms with Crippen LogP contribution in [0.15, 0.2) is 10.7 Å². The fourth-order valence-electron chi connectivity index (χ4n) is 0.958. The Hall–Kier alpha value is -0.920. The van der Waals surface area contributed by atoms with Gasteiger partial charge in [-0.05, 0) is 15.9 Å². The Balaban J connectivity index is 2.47. The molecule has 0 spiro atoms. The van der Waals surface area contributed by atoms with Gasteiger partial charge in [0.1, 0.15) is 5.69 Å². The van der Waals surface area contributed by atoms with Gasteiger partial charge < -0.3 is 14.8 Å². The molecule has 0 fully saturated rings. The SMILES string of the molecule is COC(CNC(=O)c1[nH]ncc1Br)OC. The summed E-state index contributed by atoms with van der Waals surface area (Å²) < 4.78 is 10.5. The van der Waals surface area contributed by atoms with Crippen molar-refractivity contribution in [2.45, 2.75) is 6.29 Å². The number of nitrogens with one attached hydrogen (secondary N) is 2. The summed E-state index contributed by atoms with van der Waals surface area (Å²) in [5.74, 6) is -0.265. The number of methoxy groups -OCH3 is 2. The zero-order valence-corrected chi connectivity index (χ0v) is 10.00. The summed E-state index contributed by atoms with van der Waals surface area (Å²) in [5, 5.41) is 8.93. The van der Waals surface area contributed by atoms with E-state index in [-0.39, 0.29) is 12.5 Å². The number of carbonyl (C=O) groups is 1. The minimum atomic E-state index is -0.448. The van der Waals surface area contributed by atoms with Gasteiger partial charge in [0.25, 0.3) is 5.91 Å². The van der Waals surface area contributed by atoms with Crippen molar-refractivity contribution in [2.24, 2.45) is 0 Å². The van der Waals surface area contributed by atoms with Crippen LogP contribution in [0.1, 0.15) is 10.5 Å². The first-order chi connectivity index (χ1) is 7.19. The van der Waals surface area contributed by atoms with Gasteiger partial charge in [0.2, 0.25) is 0 Å². The number of carbonyl (C=O) groups excluding carboxylic acids is 1. The minimum absolute atomic E-state index is 0.265. The molecule has 0 unspecified atom stereocenters. The summed E-state index contributed by atoms with van der Waals surface area (Å²) in [7, 11) is 3.01. The number of hydrogen-bond acceptors (Lipinski definition) is 4. The third-order valence-electron chi connectivity index (χ3n) is 1.78. The van der Waals surface area contributed by atoms with Gasteiger partial charge in [-0.3, -0.25) is 9.89 Å². The van der Waals surface area contributed by atoms with E-state index in [1.54, 1.807) is 0 Å². The molecule has 0 bridgehead atoms. The standard InChI is InChI=1S/C8H12BrN3O3/c1-14-6(15-2)4-10-8(13)7-5(9)3-11-12-7/h3,6H,4H2,1-2H3,(H,10,13)(H,11,12). The molecule has 1 amide bonds. The summed E-state index contributed by atoms with van der Waals surface area (Å²) in [4.78, 5) is 11.5. The molecule has 2 N–H and O–H groups in total. The van der Waals surface area contributed by atoms with Crippen LogP contribution >= 0.6 is 15.9 Å². The summed E-state index contributed by atoms with van der Waals surface area (Å²) in [6, 6.07) is 0. The van der Waals surface area contributed by atoms with Gasteiger partial charge in [0.05, 0.1) is 17.2 Å². The van der Waals surface area contributed by atoms with Gasteiger partial charge in [-0.15, -0.1) is 0 Å². The number of halogens is 1. The average Bonchev–Trinajstić information content (AvgIpc) is 2.66. The molecule has 1 aromatic rings. The van der Waals surface area contributed by atoms with E-state index < -0.39 is 6.29 Å². The first kappa shape index (κ1) is 12.2. The highest BCUT2D eigenvalue weighted by molar-refractivity contribution is 9.10. The molecule has 1 heterocycles. The number of amides is 1. The lowest BCUT2D eigenvalue weighted by Gasteiger charge is -2.13. The number of hydrogen-bond donors (Lipinski definition) is 2. The van der Waals surface area contributed by atoms with E-state index >= 15 is 0 Å². The van der Waals surface area contributed by atoms with Gasteiger partial charge in [0, 0.05) is 14.2 Å². The molecular weight excluding hydrogens is 266 g/mol. The van der Waals surface area contributed by atoms with Crippen molar-refractivity contribution in [1.29, 1.82) is 0 Å². The van der Waals surface area contributed by atoms with Gasteiger partial charge in [-0.2, -0.15) is 5.10 Å². The monoisotopic (exact) mass is 277 g/mol. The van der Waals surface area contributed by atoms with Crippen LogP contribution in [0.4, 0.5) is 0 Å². The predicted octanol–water partition coefficient (Wildman–Crippen LogP) is 0.521. The van der Waals surface area contributed by atoms with Crippen LogP contribution in [-0.4, -0.2) is 43.2 Å². The van der Waals surface area contributed by atoms with Crippen molar-refractivity contribution in [2.75, 3.05) is 20.8 Å². The van der Waals surface area contributed by atoms with Gasteiger partial charge >= 0.3 is 0 Å². The lowest BCUT2D eigenvalue weighted by molar-refractivity contribution is -0.0974. The topological polar surface area (TPSA) is 76.2 Å². The van der Waals surface area contributed by atoms with E-state index in [1.165, 1.54) is 20.4 Å². The molecule has 0 saturated carbocycles. The summed E-state index contributed by atoms with van der Waals surface area (Å²) in [6.45, 7) is 0.275. The molecule has 7 heteroatoms. The number of ether oxygens (including phenoxy) is 2. The summed E-state index contributed by atoms with van der Waals surface area (Å²) >= 11 is 3.19. The van der Waals surface area contributed by atoms with Crippen molar-refractivity contribution < 1.29 is 14.3 Å². The Morgan fingerprint density at radius 2 is 2.33 bits per heavy atom. The predicted molar refractivity (Wildman–Crippen MR) is 56.4 cm³/mol. The molecular formula is C8H12BrN3O3. The Kier molecular flexibility index (Phi) is 4.73. The molecule has 0 aliphatic carbocycles. The Labute approximate surface area is 95.5 Å². The average molecular weight is 278 g/mol. The fraction of sp³-hybridized carbons (Fsp3) is 0.500. The van der Waals surface area contributed by atoms with Gasteiger partial charge in [0.15, 0.2) is 6.29 Å². The Morgan fingerprint density at radius 1 is 1.67 bits per heavy atom. The largest absolute Gasteiger partial charge is 0.354 e. The third kappa shape index (κ3) is 3.29. The van der Waals surface area contributed by atoms with Crippen molar-refractivity contribution in [3.8, 4) is 0 Å². The third-order valence-corrected chi connectivity index (χ3v) is 2.38. The van der Waals surface area contributed by atoms with Crippen LogP contribution in [-0.2, 0) is 9.47 Å². The van der Waals surface area contributed by atoms with Crippen LogP contribution in [0.3, 0.4) is 0 Å². The number of nitrogens with zero attached hydrogens (tertiary/aromatic N) is 1. The van der Waals surface area contributed by atoms with E-state index in [0.717, 1.165) is 0 Å². The van der Waals surface area contributed by atoms with E-state index in [9.17, 15) is 4.79 Å². The molecule has 0 aliphatic heterocycles. The van der Waals surface area contributed by atoms with Gasteiger partial charge in [-0.25, -0.2) is 0 Å². The first-order valence-corrected chi connectivity index (χ1v) is 5.01. The Bertz CT molecular complexity index is 325. The van der Waals surface area contributed by atoms with E-state index in [4.69, 9.17) is 9.47 Å². The van der Waals surface area contributed by atoms with Crippen LogP contribution in [0.2, 0.25) is 0 Å². The van der Waals surface area contributed by atoms with Crippen LogP contribution in [0.5, 0.6) is 0 Å². The van der Waals surface area contributed by atoms with Crippen molar-refractivity contribution in [3.63, 3.8) is 0 Å². The highest BCUT2D eigenvalue weighted by atomic mass is 79.9. The van der Waals surface area contributed by atoms with Crippen LogP contribution in [0, 0.1) is 0 Å². The van der Waals surface area contributed by atoms with Crippen LogP contribution in [0.25, 0.3) is 0 Å². The zero-order valence-electron chi connectivity index (χ0n) is 8.41. The molecule has 84 valence electrons. The van der Waals surface area contributed by atoms with E-state index in [0.29, 0.717) is 10.2 Å². The fourth-order valence-corrected chi connectivity index (χ4v) is 1.33. The van der Waals surface area contributed by atoms with E-state index in [2.05, 4.69) is 31.4 Å². The molecule has 0 atom stereocenters. The number of aromatic nitrogens is 2. The maximum Gasteiger partial charge on any atom is 0.270 e. The van der Waals surface area contributed by atoms with E-state index in [1.807, 2.05) is 0 Å². The smallest absolute Gasteiger partial charge is 0.270 e. The highest BCUT2D eigenvalue weighted by Crippen LogP contribution is 2.11. The first-order valence-electron chi connectivity index (χ1n) is 4.21. The highest BCUT2D eigenvalue weighted by Gasteiger charge is 2.13. The number of aromatic amines is 1.